The van der Waals surface area contributed by atoms with Crippen LogP contribution in [-0.4, -0.2) is 23.0 Å². The minimum atomic E-state index is 0.511. The summed E-state index contributed by atoms with van der Waals surface area (Å²) in [5, 5.41) is 0. The van der Waals surface area contributed by atoms with E-state index in [0.717, 1.165) is 18.9 Å². The molecule has 1 atom stereocenters. The SMILES string of the molecule is CC(C)CCCC#CCN1CCCCC1c1cccnc1. The second-order valence-electron chi connectivity index (χ2n) is 6.41. The highest BCUT2D eigenvalue weighted by molar-refractivity contribution is 5.16. The quantitative estimate of drug-likeness (QED) is 0.587. The van der Waals surface area contributed by atoms with Crippen LogP contribution in [0.25, 0.3) is 0 Å². The van der Waals surface area contributed by atoms with E-state index in [-0.39, 0.29) is 0 Å². The van der Waals surface area contributed by atoms with Crippen LogP contribution in [0.5, 0.6) is 0 Å². The van der Waals surface area contributed by atoms with E-state index in [1.54, 1.807) is 0 Å². The summed E-state index contributed by atoms with van der Waals surface area (Å²) in [7, 11) is 0. The molecule has 0 bridgehead atoms. The number of aromatic nitrogens is 1. The van der Waals surface area contributed by atoms with Crippen molar-refractivity contribution in [1.82, 2.24) is 9.88 Å². The van der Waals surface area contributed by atoms with Crippen molar-refractivity contribution in [3.8, 4) is 11.8 Å². The molecule has 1 aromatic heterocycles. The summed E-state index contributed by atoms with van der Waals surface area (Å²) in [4.78, 5) is 6.79. The summed E-state index contributed by atoms with van der Waals surface area (Å²) in [6.07, 6.45) is 11.3. The van der Waals surface area contributed by atoms with Gasteiger partial charge >= 0.3 is 0 Å². The normalized spacial score (nSPS) is 19.3. The van der Waals surface area contributed by atoms with Gasteiger partial charge in [0, 0.05) is 24.9 Å². The number of rotatable bonds is 5. The van der Waals surface area contributed by atoms with Crippen LogP contribution in [-0.2, 0) is 0 Å². The summed E-state index contributed by atoms with van der Waals surface area (Å²) in [5.41, 5.74) is 1.35. The maximum Gasteiger partial charge on any atom is 0.0606 e. The zero-order chi connectivity index (χ0) is 14.9. The molecule has 0 radical (unpaired) electrons. The summed E-state index contributed by atoms with van der Waals surface area (Å²) >= 11 is 0. The minimum absolute atomic E-state index is 0.511. The predicted molar refractivity (Wildman–Crippen MR) is 88.9 cm³/mol. The van der Waals surface area contributed by atoms with Crippen LogP contribution >= 0.6 is 0 Å². The van der Waals surface area contributed by atoms with Gasteiger partial charge in [-0.15, -0.1) is 5.92 Å². The van der Waals surface area contributed by atoms with Crippen molar-refractivity contribution >= 4 is 0 Å². The molecule has 0 spiro atoms. The van der Waals surface area contributed by atoms with Gasteiger partial charge in [0.1, 0.15) is 0 Å². The van der Waals surface area contributed by atoms with Crippen molar-refractivity contribution in [2.75, 3.05) is 13.1 Å². The molecular formula is C19H28N2. The van der Waals surface area contributed by atoms with Gasteiger partial charge in [-0.3, -0.25) is 9.88 Å². The van der Waals surface area contributed by atoms with Crippen LogP contribution in [0, 0.1) is 17.8 Å². The van der Waals surface area contributed by atoms with Crippen molar-refractivity contribution in [2.45, 2.75) is 58.4 Å². The molecule has 0 aliphatic carbocycles. The van der Waals surface area contributed by atoms with Gasteiger partial charge in [0.25, 0.3) is 0 Å². The smallest absolute Gasteiger partial charge is 0.0606 e. The Balaban J connectivity index is 1.84. The van der Waals surface area contributed by atoms with Crippen LogP contribution in [0.4, 0.5) is 0 Å². The second kappa shape index (κ2) is 8.85. The predicted octanol–water partition coefficient (Wildman–Crippen LogP) is 4.44. The molecule has 2 rings (SSSR count). The van der Waals surface area contributed by atoms with Crippen LogP contribution in [0.1, 0.15) is 64.0 Å². The lowest BCUT2D eigenvalue weighted by atomic mass is 9.96. The first-order valence-electron chi connectivity index (χ1n) is 8.37. The Labute approximate surface area is 130 Å². The maximum absolute atomic E-state index is 4.27. The summed E-state index contributed by atoms with van der Waals surface area (Å²) < 4.78 is 0. The van der Waals surface area contributed by atoms with Crippen LogP contribution in [0.2, 0.25) is 0 Å². The Morgan fingerprint density at radius 3 is 3.00 bits per heavy atom. The fraction of sp³-hybridized carbons (Fsp3) is 0.632. The zero-order valence-corrected chi connectivity index (χ0v) is 13.5. The van der Waals surface area contributed by atoms with Crippen LogP contribution in [0.3, 0.4) is 0 Å². The van der Waals surface area contributed by atoms with E-state index in [9.17, 15) is 0 Å². The van der Waals surface area contributed by atoms with E-state index < -0.39 is 0 Å². The summed E-state index contributed by atoms with van der Waals surface area (Å²) in [6.45, 7) is 6.63. The molecule has 1 aliphatic rings. The molecule has 21 heavy (non-hydrogen) atoms. The van der Waals surface area contributed by atoms with Gasteiger partial charge in [-0.2, -0.15) is 0 Å². The number of hydrogen-bond donors (Lipinski definition) is 0. The highest BCUT2D eigenvalue weighted by Crippen LogP contribution is 2.29. The average Bonchev–Trinajstić information content (AvgIpc) is 2.52. The maximum atomic E-state index is 4.27. The molecule has 0 N–H and O–H groups in total. The Kier molecular flexibility index (Phi) is 6.76. The number of unbranched alkanes of at least 4 members (excludes halogenated alkanes) is 1. The van der Waals surface area contributed by atoms with E-state index >= 15 is 0 Å². The number of pyridine rings is 1. The standard InChI is InChI=1S/C19H28N2/c1-17(2)10-5-3-4-7-14-21-15-8-6-12-19(21)18-11-9-13-20-16-18/h9,11,13,16-17,19H,3,5-6,8,10,12,14-15H2,1-2H3. The van der Waals surface area contributed by atoms with Gasteiger partial charge in [-0.1, -0.05) is 38.7 Å². The summed E-state index contributed by atoms with van der Waals surface area (Å²) in [5.74, 6) is 7.53. The Bertz CT molecular complexity index is 455. The number of likely N-dealkylation sites (tertiary alicyclic amines) is 1. The first kappa shape index (κ1) is 16.0. The number of nitrogens with zero attached hydrogens (tertiary/aromatic N) is 2. The Morgan fingerprint density at radius 1 is 1.33 bits per heavy atom. The highest BCUT2D eigenvalue weighted by atomic mass is 15.2. The molecule has 1 aliphatic heterocycles. The molecule has 1 saturated heterocycles. The largest absolute Gasteiger partial charge is 0.285 e. The van der Waals surface area contributed by atoms with Gasteiger partial charge in [-0.05, 0) is 43.4 Å². The van der Waals surface area contributed by atoms with E-state index in [2.05, 4.69) is 41.6 Å². The minimum Gasteiger partial charge on any atom is -0.285 e. The van der Waals surface area contributed by atoms with Crippen LogP contribution < -0.4 is 0 Å². The van der Waals surface area contributed by atoms with E-state index in [1.807, 2.05) is 18.5 Å². The van der Waals surface area contributed by atoms with E-state index in [1.165, 1.54) is 44.2 Å². The second-order valence-corrected chi connectivity index (χ2v) is 6.41. The van der Waals surface area contributed by atoms with E-state index in [0.29, 0.717) is 6.04 Å². The third-order valence-electron chi connectivity index (χ3n) is 4.17. The van der Waals surface area contributed by atoms with Crippen molar-refractivity contribution in [2.24, 2.45) is 5.92 Å². The first-order chi connectivity index (χ1) is 10.3. The highest BCUT2D eigenvalue weighted by Gasteiger charge is 2.22. The molecule has 0 aromatic carbocycles. The molecule has 2 nitrogen and oxygen atoms in total. The molecule has 2 heterocycles. The van der Waals surface area contributed by atoms with Crippen molar-refractivity contribution in [1.29, 1.82) is 0 Å². The van der Waals surface area contributed by atoms with Gasteiger partial charge in [0.15, 0.2) is 0 Å². The lowest BCUT2D eigenvalue weighted by Gasteiger charge is -2.34. The molecule has 2 heteroatoms. The van der Waals surface area contributed by atoms with Crippen molar-refractivity contribution in [3.63, 3.8) is 0 Å². The average molecular weight is 284 g/mol. The van der Waals surface area contributed by atoms with Gasteiger partial charge in [0.05, 0.1) is 6.54 Å². The van der Waals surface area contributed by atoms with Crippen molar-refractivity contribution in [3.05, 3.63) is 30.1 Å². The monoisotopic (exact) mass is 284 g/mol. The molecule has 114 valence electrons. The zero-order valence-electron chi connectivity index (χ0n) is 13.5. The number of hydrogen-bond acceptors (Lipinski definition) is 2. The Hall–Kier alpha value is -1.33. The van der Waals surface area contributed by atoms with Gasteiger partial charge in [0.2, 0.25) is 0 Å². The molecule has 1 unspecified atom stereocenters. The molecule has 0 amide bonds. The molecular weight excluding hydrogens is 256 g/mol. The van der Waals surface area contributed by atoms with E-state index in [4.69, 9.17) is 0 Å². The fourth-order valence-corrected chi connectivity index (χ4v) is 2.98. The lowest BCUT2D eigenvalue weighted by molar-refractivity contribution is 0.169. The fourth-order valence-electron chi connectivity index (χ4n) is 2.98. The molecule has 1 fully saturated rings. The first-order valence-corrected chi connectivity index (χ1v) is 8.37. The molecule has 1 aromatic rings. The van der Waals surface area contributed by atoms with Crippen LogP contribution in [0.15, 0.2) is 24.5 Å². The third-order valence-corrected chi connectivity index (χ3v) is 4.17. The summed E-state index contributed by atoms with van der Waals surface area (Å²) in [6, 6.07) is 4.75. The number of piperidine rings is 1. The third kappa shape index (κ3) is 5.52. The Morgan fingerprint density at radius 2 is 2.24 bits per heavy atom. The molecule has 0 saturated carbocycles. The van der Waals surface area contributed by atoms with Gasteiger partial charge in [-0.25, -0.2) is 0 Å². The lowest BCUT2D eigenvalue weighted by Crippen LogP contribution is -2.33. The van der Waals surface area contributed by atoms with Crippen molar-refractivity contribution < 1.29 is 0 Å². The van der Waals surface area contributed by atoms with Gasteiger partial charge < -0.3 is 0 Å². The topological polar surface area (TPSA) is 16.1 Å².